The van der Waals surface area contributed by atoms with E-state index < -0.39 is 0 Å². The van der Waals surface area contributed by atoms with Gasteiger partial charge in [-0.15, -0.1) is 0 Å². The molecule has 0 fully saturated rings. The van der Waals surface area contributed by atoms with E-state index >= 15 is 0 Å². The summed E-state index contributed by atoms with van der Waals surface area (Å²) in [6, 6.07) is 8.54. The molecule has 0 heterocycles. The maximum atomic E-state index is 5.84. The van der Waals surface area contributed by atoms with Crippen molar-refractivity contribution in [2.45, 2.75) is 33.2 Å². The number of nitrogens with one attached hydrogen (secondary N) is 1. The van der Waals surface area contributed by atoms with Gasteiger partial charge in [0, 0.05) is 17.6 Å². The van der Waals surface area contributed by atoms with E-state index in [1.165, 1.54) is 11.1 Å². The third-order valence-electron chi connectivity index (χ3n) is 2.43. The van der Waals surface area contributed by atoms with Crippen molar-refractivity contribution in [3.8, 4) is 0 Å². The van der Waals surface area contributed by atoms with Crippen LogP contribution in [0.15, 0.2) is 35.9 Å². The van der Waals surface area contributed by atoms with E-state index in [0.717, 1.165) is 18.0 Å². The Kier molecular flexibility index (Phi) is 5.58. The van der Waals surface area contributed by atoms with E-state index in [1.807, 2.05) is 12.1 Å². The van der Waals surface area contributed by atoms with Gasteiger partial charge in [0.2, 0.25) is 0 Å². The van der Waals surface area contributed by atoms with Gasteiger partial charge in [-0.05, 0) is 44.9 Å². The van der Waals surface area contributed by atoms with Gasteiger partial charge in [-0.25, -0.2) is 0 Å². The van der Waals surface area contributed by atoms with Crippen LogP contribution in [0.5, 0.6) is 0 Å². The molecule has 0 bridgehead atoms. The SMILES string of the molecule is CC(C)=CCNC(C)Cc1ccc(Cl)cc1. The Hall–Kier alpha value is -0.790. The smallest absolute Gasteiger partial charge is 0.0406 e. The van der Waals surface area contributed by atoms with Crippen molar-refractivity contribution < 1.29 is 0 Å². The Balaban J connectivity index is 2.36. The lowest BCUT2D eigenvalue weighted by Gasteiger charge is -2.12. The largest absolute Gasteiger partial charge is 0.310 e. The summed E-state index contributed by atoms with van der Waals surface area (Å²) in [7, 11) is 0. The van der Waals surface area contributed by atoms with E-state index in [4.69, 9.17) is 11.6 Å². The topological polar surface area (TPSA) is 12.0 Å². The molecular formula is C14H20ClN. The van der Waals surface area contributed by atoms with Crippen molar-refractivity contribution in [2.75, 3.05) is 6.54 Å². The summed E-state index contributed by atoms with van der Waals surface area (Å²) in [5.41, 5.74) is 2.67. The Bertz CT molecular complexity index is 336. The molecule has 1 atom stereocenters. The second-order valence-electron chi connectivity index (χ2n) is 4.42. The summed E-state index contributed by atoms with van der Waals surface area (Å²) in [5, 5.41) is 4.27. The van der Waals surface area contributed by atoms with Gasteiger partial charge in [-0.3, -0.25) is 0 Å². The van der Waals surface area contributed by atoms with Crippen LogP contribution in [0.25, 0.3) is 0 Å². The molecule has 0 aliphatic heterocycles. The highest BCUT2D eigenvalue weighted by molar-refractivity contribution is 6.30. The average Bonchev–Trinajstić information content (AvgIpc) is 2.21. The number of allylic oxidation sites excluding steroid dienone is 1. The first-order valence-corrected chi connectivity index (χ1v) is 6.07. The highest BCUT2D eigenvalue weighted by Gasteiger charge is 2.01. The second kappa shape index (κ2) is 6.72. The van der Waals surface area contributed by atoms with E-state index in [2.05, 4.69) is 44.3 Å². The monoisotopic (exact) mass is 237 g/mol. The molecule has 1 N–H and O–H groups in total. The van der Waals surface area contributed by atoms with E-state index in [1.54, 1.807) is 0 Å². The third-order valence-corrected chi connectivity index (χ3v) is 2.68. The highest BCUT2D eigenvalue weighted by atomic mass is 35.5. The molecule has 0 saturated carbocycles. The zero-order valence-electron chi connectivity index (χ0n) is 10.3. The van der Waals surface area contributed by atoms with Gasteiger partial charge in [0.15, 0.2) is 0 Å². The summed E-state index contributed by atoms with van der Waals surface area (Å²) in [6.45, 7) is 7.38. The third kappa shape index (κ3) is 5.34. The van der Waals surface area contributed by atoms with Gasteiger partial charge in [0.1, 0.15) is 0 Å². The van der Waals surface area contributed by atoms with E-state index in [9.17, 15) is 0 Å². The molecule has 2 heteroatoms. The fourth-order valence-corrected chi connectivity index (χ4v) is 1.64. The predicted molar refractivity (Wildman–Crippen MR) is 72.1 cm³/mol. The Morgan fingerprint density at radius 3 is 2.50 bits per heavy atom. The summed E-state index contributed by atoms with van der Waals surface area (Å²) in [5.74, 6) is 0. The molecule has 0 radical (unpaired) electrons. The first-order chi connectivity index (χ1) is 7.58. The van der Waals surface area contributed by atoms with E-state index in [0.29, 0.717) is 6.04 Å². The lowest BCUT2D eigenvalue weighted by atomic mass is 10.1. The molecule has 1 rings (SSSR count). The fraction of sp³-hybridized carbons (Fsp3) is 0.429. The first-order valence-electron chi connectivity index (χ1n) is 5.69. The van der Waals surface area contributed by atoms with Crippen LogP contribution in [-0.4, -0.2) is 12.6 Å². The standard InChI is InChI=1S/C14H20ClN/c1-11(2)8-9-16-12(3)10-13-4-6-14(15)7-5-13/h4-8,12,16H,9-10H2,1-3H3. The van der Waals surface area contributed by atoms with Crippen LogP contribution in [0.2, 0.25) is 5.02 Å². The van der Waals surface area contributed by atoms with Gasteiger partial charge in [0.25, 0.3) is 0 Å². The molecule has 1 unspecified atom stereocenters. The molecule has 0 saturated heterocycles. The maximum Gasteiger partial charge on any atom is 0.0406 e. The molecule has 0 aliphatic carbocycles. The summed E-state index contributed by atoms with van der Waals surface area (Å²) in [6.07, 6.45) is 3.24. The zero-order chi connectivity index (χ0) is 12.0. The van der Waals surface area contributed by atoms with Crippen LogP contribution in [-0.2, 0) is 6.42 Å². The van der Waals surface area contributed by atoms with Crippen LogP contribution in [0.3, 0.4) is 0 Å². The Morgan fingerprint density at radius 2 is 1.94 bits per heavy atom. The zero-order valence-corrected chi connectivity index (χ0v) is 11.0. The van der Waals surface area contributed by atoms with Crippen LogP contribution in [0.4, 0.5) is 0 Å². The van der Waals surface area contributed by atoms with E-state index in [-0.39, 0.29) is 0 Å². The maximum absolute atomic E-state index is 5.84. The van der Waals surface area contributed by atoms with Gasteiger partial charge >= 0.3 is 0 Å². The van der Waals surface area contributed by atoms with Gasteiger partial charge in [-0.2, -0.15) is 0 Å². The average molecular weight is 238 g/mol. The number of hydrogen-bond acceptors (Lipinski definition) is 1. The lowest BCUT2D eigenvalue weighted by Crippen LogP contribution is -2.28. The molecular weight excluding hydrogens is 218 g/mol. The number of rotatable bonds is 5. The predicted octanol–water partition coefficient (Wildman–Crippen LogP) is 3.83. The van der Waals surface area contributed by atoms with Crippen molar-refractivity contribution >= 4 is 11.6 Å². The molecule has 16 heavy (non-hydrogen) atoms. The van der Waals surface area contributed by atoms with Gasteiger partial charge in [0.05, 0.1) is 0 Å². The van der Waals surface area contributed by atoms with Gasteiger partial charge < -0.3 is 5.32 Å². The molecule has 0 spiro atoms. The van der Waals surface area contributed by atoms with Crippen molar-refractivity contribution in [3.63, 3.8) is 0 Å². The van der Waals surface area contributed by atoms with Gasteiger partial charge in [-0.1, -0.05) is 35.4 Å². The minimum absolute atomic E-state index is 0.483. The van der Waals surface area contributed by atoms with Crippen molar-refractivity contribution in [1.29, 1.82) is 0 Å². The summed E-state index contributed by atoms with van der Waals surface area (Å²) < 4.78 is 0. The van der Waals surface area contributed by atoms with Crippen LogP contribution in [0.1, 0.15) is 26.3 Å². The molecule has 0 amide bonds. The number of hydrogen-bond donors (Lipinski definition) is 1. The van der Waals surface area contributed by atoms with Crippen molar-refractivity contribution in [1.82, 2.24) is 5.32 Å². The van der Waals surface area contributed by atoms with Crippen LogP contribution >= 0.6 is 11.6 Å². The minimum Gasteiger partial charge on any atom is -0.310 e. The summed E-state index contributed by atoms with van der Waals surface area (Å²) >= 11 is 5.84. The number of benzene rings is 1. The summed E-state index contributed by atoms with van der Waals surface area (Å²) in [4.78, 5) is 0. The quantitative estimate of drug-likeness (QED) is 0.768. The molecule has 1 aromatic rings. The normalized spacial score (nSPS) is 12.2. The van der Waals surface area contributed by atoms with Crippen LogP contribution in [0, 0.1) is 0 Å². The van der Waals surface area contributed by atoms with Crippen molar-refractivity contribution in [2.24, 2.45) is 0 Å². The highest BCUT2D eigenvalue weighted by Crippen LogP contribution is 2.10. The minimum atomic E-state index is 0.483. The molecule has 0 aromatic heterocycles. The molecule has 1 aromatic carbocycles. The first kappa shape index (κ1) is 13.3. The number of halogens is 1. The second-order valence-corrected chi connectivity index (χ2v) is 4.86. The Morgan fingerprint density at radius 1 is 1.31 bits per heavy atom. The Labute approximate surface area is 104 Å². The van der Waals surface area contributed by atoms with Crippen molar-refractivity contribution in [3.05, 3.63) is 46.5 Å². The fourth-order valence-electron chi connectivity index (χ4n) is 1.51. The lowest BCUT2D eigenvalue weighted by molar-refractivity contribution is 0.580. The molecule has 88 valence electrons. The van der Waals surface area contributed by atoms with Crippen LogP contribution < -0.4 is 5.32 Å². The molecule has 1 nitrogen and oxygen atoms in total. The molecule has 0 aliphatic rings.